The average molecular weight is 445 g/mol. The molecule has 1 unspecified atom stereocenters. The molecule has 0 bridgehead atoms. The van der Waals surface area contributed by atoms with Crippen molar-refractivity contribution in [3.63, 3.8) is 0 Å². The maximum Gasteiger partial charge on any atom is 0.152 e. The van der Waals surface area contributed by atoms with Crippen LogP contribution in [-0.2, 0) is 9.84 Å². The number of sulfone groups is 1. The Labute approximate surface area is 180 Å². The van der Waals surface area contributed by atoms with Crippen molar-refractivity contribution in [2.24, 2.45) is 0 Å². The van der Waals surface area contributed by atoms with E-state index in [1.54, 1.807) is 12.3 Å². The highest BCUT2D eigenvalue weighted by Gasteiger charge is 2.21. The van der Waals surface area contributed by atoms with E-state index in [0.717, 1.165) is 16.5 Å². The summed E-state index contributed by atoms with van der Waals surface area (Å²) < 4.78 is 36.7. The lowest BCUT2D eigenvalue weighted by molar-refractivity contribution is 0.134. The molecule has 1 aliphatic rings. The fourth-order valence-corrected chi connectivity index (χ4v) is 5.07. The van der Waals surface area contributed by atoms with Gasteiger partial charge in [-0.05, 0) is 34.7 Å². The van der Waals surface area contributed by atoms with E-state index in [0.29, 0.717) is 42.9 Å². The third-order valence-corrected chi connectivity index (χ3v) is 7.21. The number of nitrogens with one attached hydrogen (secondary N) is 1. The van der Waals surface area contributed by atoms with Gasteiger partial charge in [0.1, 0.15) is 17.9 Å². The number of fused-ring (bicyclic) bond motifs is 1. The Hall–Kier alpha value is -2.59. The maximum atomic E-state index is 13.6. The third-order valence-electron chi connectivity index (χ3n) is 5.60. The largest absolute Gasteiger partial charge is 0.383 e. The zero-order chi connectivity index (χ0) is 22.0. The lowest BCUT2D eigenvalue weighted by Crippen LogP contribution is -2.43. The van der Waals surface area contributed by atoms with E-state index in [-0.39, 0.29) is 17.3 Å². The van der Waals surface area contributed by atoms with Crippen LogP contribution in [0.2, 0.25) is 0 Å². The number of nitrogen functional groups attached to an aromatic ring is 1. The van der Waals surface area contributed by atoms with E-state index >= 15 is 0 Å². The van der Waals surface area contributed by atoms with E-state index in [4.69, 9.17) is 5.73 Å². The van der Waals surface area contributed by atoms with Crippen LogP contribution < -0.4 is 11.1 Å². The van der Waals surface area contributed by atoms with Gasteiger partial charge in [-0.25, -0.2) is 17.8 Å². The zero-order valence-corrected chi connectivity index (χ0v) is 17.8. The lowest BCUT2D eigenvalue weighted by Gasteiger charge is -2.27. The molecular formula is C22H25FN4O3S. The Balaban J connectivity index is 1.49. The summed E-state index contributed by atoms with van der Waals surface area (Å²) in [4.78, 5) is 6.28. The molecule has 3 aromatic rings. The van der Waals surface area contributed by atoms with Crippen LogP contribution in [0.4, 0.5) is 10.2 Å². The molecule has 9 heteroatoms. The van der Waals surface area contributed by atoms with Crippen molar-refractivity contribution >= 4 is 26.4 Å². The molecule has 0 saturated carbocycles. The van der Waals surface area contributed by atoms with Gasteiger partial charge in [0.2, 0.25) is 0 Å². The van der Waals surface area contributed by atoms with Crippen molar-refractivity contribution < 1.29 is 17.9 Å². The number of anilines is 1. The molecule has 7 nitrogen and oxygen atoms in total. The molecule has 1 aliphatic heterocycles. The van der Waals surface area contributed by atoms with Crippen molar-refractivity contribution in [3.05, 3.63) is 60.0 Å². The molecule has 0 spiro atoms. The fourth-order valence-electron chi connectivity index (χ4n) is 3.79. The van der Waals surface area contributed by atoms with E-state index < -0.39 is 16.1 Å². The van der Waals surface area contributed by atoms with Gasteiger partial charge in [-0.15, -0.1) is 0 Å². The number of rotatable bonds is 6. The van der Waals surface area contributed by atoms with Crippen LogP contribution in [0.1, 0.15) is 11.8 Å². The van der Waals surface area contributed by atoms with Crippen molar-refractivity contribution in [2.45, 2.75) is 6.23 Å². The number of aliphatic hydroxyl groups excluding tert-OH is 1. The van der Waals surface area contributed by atoms with Crippen LogP contribution in [0.5, 0.6) is 0 Å². The van der Waals surface area contributed by atoms with Gasteiger partial charge in [-0.2, -0.15) is 0 Å². The topological polar surface area (TPSA) is 109 Å². The number of benzene rings is 2. The number of aliphatic hydroxyl groups is 1. The number of hydrogen-bond donors (Lipinski definition) is 3. The van der Waals surface area contributed by atoms with Gasteiger partial charge < -0.3 is 15.7 Å². The highest BCUT2D eigenvalue weighted by molar-refractivity contribution is 7.91. The quantitative estimate of drug-likeness (QED) is 0.499. The first-order chi connectivity index (χ1) is 14.8. The smallest absolute Gasteiger partial charge is 0.152 e. The summed E-state index contributed by atoms with van der Waals surface area (Å²) in [5, 5.41) is 15.2. The standard InChI is InChI=1S/C22H25FN4O3S/c23-17-3-1-2-15(12-17)16-4-5-18-19(13-16)21(24)26-14-20(18)22(28)25-6-7-27-8-10-31(29,30)11-9-27/h1-5,12-14,22,25,28H,6-11H2,(H2,24,26). The Morgan fingerprint density at radius 2 is 1.87 bits per heavy atom. The zero-order valence-electron chi connectivity index (χ0n) is 17.0. The van der Waals surface area contributed by atoms with Crippen LogP contribution >= 0.6 is 0 Å². The van der Waals surface area contributed by atoms with Gasteiger partial charge >= 0.3 is 0 Å². The summed E-state index contributed by atoms with van der Waals surface area (Å²) in [6.45, 7) is 2.15. The molecule has 1 saturated heterocycles. The van der Waals surface area contributed by atoms with Gasteiger partial charge in [-0.1, -0.05) is 24.3 Å². The molecule has 0 aliphatic carbocycles. The van der Waals surface area contributed by atoms with Crippen molar-refractivity contribution in [1.82, 2.24) is 15.2 Å². The maximum absolute atomic E-state index is 13.6. The highest BCUT2D eigenvalue weighted by atomic mass is 32.2. The Morgan fingerprint density at radius 1 is 1.13 bits per heavy atom. The molecule has 2 aromatic carbocycles. The van der Waals surface area contributed by atoms with Gasteiger partial charge in [-0.3, -0.25) is 5.32 Å². The lowest BCUT2D eigenvalue weighted by atomic mass is 9.99. The number of pyridine rings is 1. The fraction of sp³-hybridized carbons (Fsp3) is 0.318. The summed E-state index contributed by atoms with van der Waals surface area (Å²) >= 11 is 0. The summed E-state index contributed by atoms with van der Waals surface area (Å²) in [7, 11) is -2.91. The van der Waals surface area contributed by atoms with Gasteiger partial charge in [0.15, 0.2) is 9.84 Å². The predicted molar refractivity (Wildman–Crippen MR) is 120 cm³/mol. The predicted octanol–water partition coefficient (Wildman–Crippen LogP) is 1.93. The number of nitrogens with two attached hydrogens (primary N) is 1. The molecule has 1 fully saturated rings. The second-order valence-corrected chi connectivity index (χ2v) is 10.0. The van der Waals surface area contributed by atoms with Crippen LogP contribution in [0.3, 0.4) is 0 Å². The number of halogens is 1. The highest BCUT2D eigenvalue weighted by Crippen LogP contribution is 2.31. The van der Waals surface area contributed by atoms with Gasteiger partial charge in [0.05, 0.1) is 11.5 Å². The number of nitrogens with zero attached hydrogens (tertiary/aromatic N) is 2. The Kier molecular flexibility index (Phi) is 6.19. The van der Waals surface area contributed by atoms with E-state index in [1.165, 1.54) is 12.1 Å². The first kappa shape index (κ1) is 21.6. The molecule has 31 heavy (non-hydrogen) atoms. The average Bonchev–Trinajstić information content (AvgIpc) is 2.75. The van der Waals surface area contributed by atoms with Crippen molar-refractivity contribution in [3.8, 4) is 11.1 Å². The Morgan fingerprint density at radius 3 is 2.61 bits per heavy atom. The molecule has 4 N–H and O–H groups in total. The minimum atomic E-state index is -2.91. The van der Waals surface area contributed by atoms with Crippen LogP contribution in [0, 0.1) is 5.82 Å². The third kappa shape index (κ3) is 5.01. The summed E-state index contributed by atoms with van der Waals surface area (Å²) in [6.07, 6.45) is 0.592. The second kappa shape index (κ2) is 8.88. The molecular weight excluding hydrogens is 419 g/mol. The van der Waals surface area contributed by atoms with Crippen LogP contribution in [0.15, 0.2) is 48.7 Å². The van der Waals surface area contributed by atoms with E-state index in [1.807, 2.05) is 24.3 Å². The minimum Gasteiger partial charge on any atom is -0.383 e. The summed E-state index contributed by atoms with van der Waals surface area (Å²) in [5.41, 5.74) is 8.21. The van der Waals surface area contributed by atoms with Crippen molar-refractivity contribution in [2.75, 3.05) is 43.4 Å². The molecule has 1 aromatic heterocycles. The van der Waals surface area contributed by atoms with Crippen LogP contribution in [0.25, 0.3) is 21.9 Å². The van der Waals surface area contributed by atoms with E-state index in [9.17, 15) is 17.9 Å². The normalized spacial score (nSPS) is 17.6. The molecule has 164 valence electrons. The van der Waals surface area contributed by atoms with Crippen LogP contribution in [-0.4, -0.2) is 61.1 Å². The molecule has 4 rings (SSSR count). The minimum absolute atomic E-state index is 0.176. The van der Waals surface area contributed by atoms with Gasteiger partial charge in [0, 0.05) is 43.3 Å². The molecule has 1 atom stereocenters. The first-order valence-corrected chi connectivity index (χ1v) is 11.9. The van der Waals surface area contributed by atoms with Crippen molar-refractivity contribution in [1.29, 1.82) is 0 Å². The molecule has 2 heterocycles. The number of aromatic nitrogens is 1. The van der Waals surface area contributed by atoms with E-state index in [2.05, 4.69) is 15.2 Å². The molecule has 0 amide bonds. The first-order valence-electron chi connectivity index (χ1n) is 10.1. The monoisotopic (exact) mass is 444 g/mol. The molecule has 0 radical (unpaired) electrons. The van der Waals surface area contributed by atoms with Gasteiger partial charge in [0.25, 0.3) is 0 Å². The number of hydrogen-bond acceptors (Lipinski definition) is 7. The summed E-state index contributed by atoms with van der Waals surface area (Å²) in [5.74, 6) is 0.368. The Bertz CT molecular complexity index is 1190. The SMILES string of the molecule is Nc1ncc(C(O)NCCN2CCS(=O)(=O)CC2)c2ccc(-c3cccc(F)c3)cc12. The summed E-state index contributed by atoms with van der Waals surface area (Å²) in [6, 6.07) is 11.9. The second-order valence-electron chi connectivity index (χ2n) is 7.72.